The predicted molar refractivity (Wildman–Crippen MR) is 223 cm³/mol. The van der Waals surface area contributed by atoms with Gasteiger partial charge >= 0.3 is 0 Å². The number of para-hydroxylation sites is 3. The Kier molecular flexibility index (Phi) is 6.97. The van der Waals surface area contributed by atoms with Crippen molar-refractivity contribution in [2.24, 2.45) is 0 Å². The number of hydrogen-bond acceptors (Lipinski definition) is 3. The highest BCUT2D eigenvalue weighted by Crippen LogP contribution is 2.43. The van der Waals surface area contributed by atoms with E-state index < -0.39 is 0 Å². The fourth-order valence-electron chi connectivity index (χ4n) is 8.09. The van der Waals surface area contributed by atoms with Crippen LogP contribution in [-0.2, 0) is 0 Å². The van der Waals surface area contributed by atoms with Gasteiger partial charge in [0, 0.05) is 54.9 Å². The molecule has 0 aliphatic heterocycles. The Bertz CT molecular complexity index is 3220. The third-order valence-corrected chi connectivity index (χ3v) is 10.6. The van der Waals surface area contributed by atoms with E-state index in [1.165, 1.54) is 0 Å². The van der Waals surface area contributed by atoms with Gasteiger partial charge in [-0.05, 0) is 53.2 Å². The molecule has 0 radical (unpaired) electrons. The molecule has 8 aromatic carbocycles. The lowest BCUT2D eigenvalue weighted by Gasteiger charge is -2.18. The summed E-state index contributed by atoms with van der Waals surface area (Å²) in [6.07, 6.45) is 0. The van der Waals surface area contributed by atoms with Crippen molar-refractivity contribution >= 4 is 54.4 Å². The predicted octanol–water partition coefficient (Wildman–Crippen LogP) is 12.6. The van der Waals surface area contributed by atoms with E-state index in [9.17, 15) is 0 Å². The molecule has 0 atom stereocenters. The molecule has 55 heavy (non-hydrogen) atoms. The zero-order valence-electron chi connectivity index (χ0n) is 29.4. The third kappa shape index (κ3) is 5.03. The van der Waals surface area contributed by atoms with Gasteiger partial charge in [-0.2, -0.15) is 0 Å². The summed E-state index contributed by atoms with van der Waals surface area (Å²) < 4.78 is 18.3. The van der Waals surface area contributed by atoms with Gasteiger partial charge in [0.15, 0.2) is 17.5 Å². The maximum atomic E-state index is 16.2. The van der Waals surface area contributed by atoms with Crippen molar-refractivity contribution in [1.82, 2.24) is 24.5 Å². The fraction of sp³-hybridized carbons (Fsp3) is 0. The summed E-state index contributed by atoms with van der Waals surface area (Å²) in [5.74, 6) is 1.48. The van der Waals surface area contributed by atoms with Crippen LogP contribution in [0.15, 0.2) is 176 Å². The Labute approximate surface area is 315 Å². The number of fused-ring (bicyclic) bond motifs is 7. The summed E-state index contributed by atoms with van der Waals surface area (Å²) in [6.45, 7) is 0. The van der Waals surface area contributed by atoms with Crippen molar-refractivity contribution in [3.63, 3.8) is 0 Å². The average molecular weight is 708 g/mol. The first-order valence-electron chi connectivity index (χ1n) is 18.3. The highest BCUT2D eigenvalue weighted by molar-refractivity contribution is 6.15. The molecule has 0 unspecified atom stereocenters. The van der Waals surface area contributed by atoms with Crippen LogP contribution < -0.4 is 0 Å². The number of nitrogens with zero attached hydrogens (tertiary/aromatic N) is 4. The van der Waals surface area contributed by atoms with Crippen LogP contribution in [0.3, 0.4) is 0 Å². The van der Waals surface area contributed by atoms with Crippen LogP contribution in [-0.4, -0.2) is 24.5 Å². The number of rotatable bonds is 5. The van der Waals surface area contributed by atoms with Gasteiger partial charge in [-0.3, -0.25) is 0 Å². The molecule has 1 N–H and O–H groups in total. The molecule has 0 aliphatic carbocycles. The molecule has 0 amide bonds. The van der Waals surface area contributed by atoms with Gasteiger partial charge in [0.1, 0.15) is 5.82 Å². The van der Waals surface area contributed by atoms with Crippen molar-refractivity contribution in [3.8, 4) is 51.0 Å². The topological polar surface area (TPSA) is 59.4 Å². The molecule has 11 aromatic rings. The highest BCUT2D eigenvalue weighted by atomic mass is 19.1. The maximum Gasteiger partial charge on any atom is 0.164 e. The molecule has 0 spiro atoms. The first-order chi connectivity index (χ1) is 27.2. The van der Waals surface area contributed by atoms with Gasteiger partial charge in [0.25, 0.3) is 0 Å². The second-order valence-electron chi connectivity index (χ2n) is 13.9. The number of aromatic nitrogens is 5. The maximum absolute atomic E-state index is 16.2. The molecule has 0 aliphatic rings. The zero-order chi connectivity index (χ0) is 36.5. The molecule has 0 saturated carbocycles. The number of H-pyrrole nitrogens is 1. The second kappa shape index (κ2) is 12.3. The largest absolute Gasteiger partial charge is 0.354 e. The number of aromatic amines is 1. The van der Waals surface area contributed by atoms with Gasteiger partial charge in [0.05, 0.1) is 22.2 Å². The van der Waals surface area contributed by atoms with Crippen LogP contribution in [0.1, 0.15) is 0 Å². The standard InChI is InChI=1S/C49H30FN5/c50-41-23-13-22-37-36-21-10-12-25-43(36)55(46(37)41)44-29-33-19-8-7-18-32(33)26-38(44)40-28-34(27-39-35-20-9-11-24-42(35)51-45(39)40)49-53-47(30-14-3-1-4-15-30)52-48(54-49)31-16-5-2-6-17-31/h1-29,51H. The molecule has 0 saturated heterocycles. The lowest BCUT2D eigenvalue weighted by Crippen LogP contribution is -2.01. The Balaban J connectivity index is 1.26. The minimum atomic E-state index is -0.274. The monoisotopic (exact) mass is 707 g/mol. The Morgan fingerprint density at radius 1 is 0.436 bits per heavy atom. The normalized spacial score (nSPS) is 11.7. The first-order valence-corrected chi connectivity index (χ1v) is 18.3. The second-order valence-corrected chi connectivity index (χ2v) is 13.9. The van der Waals surface area contributed by atoms with E-state index in [0.29, 0.717) is 23.0 Å². The average Bonchev–Trinajstić information content (AvgIpc) is 3.80. The van der Waals surface area contributed by atoms with Crippen molar-refractivity contribution < 1.29 is 4.39 Å². The zero-order valence-corrected chi connectivity index (χ0v) is 29.4. The molecule has 0 fully saturated rings. The van der Waals surface area contributed by atoms with E-state index in [1.54, 1.807) is 12.1 Å². The molecular formula is C49H30FN5. The lowest BCUT2D eigenvalue weighted by atomic mass is 9.94. The van der Waals surface area contributed by atoms with Crippen LogP contribution in [0.25, 0.3) is 105 Å². The number of hydrogen-bond donors (Lipinski definition) is 1. The summed E-state index contributed by atoms with van der Waals surface area (Å²) in [5, 5.41) is 6.13. The molecule has 5 nitrogen and oxygen atoms in total. The first kappa shape index (κ1) is 31.1. The number of nitrogens with one attached hydrogen (secondary N) is 1. The van der Waals surface area contributed by atoms with Crippen molar-refractivity contribution in [2.45, 2.75) is 0 Å². The highest BCUT2D eigenvalue weighted by Gasteiger charge is 2.23. The summed E-state index contributed by atoms with van der Waals surface area (Å²) in [5.41, 5.74) is 8.90. The van der Waals surface area contributed by atoms with E-state index in [1.807, 2.05) is 91.0 Å². The number of benzene rings is 8. The molecule has 6 heteroatoms. The van der Waals surface area contributed by atoms with Crippen LogP contribution in [0.4, 0.5) is 4.39 Å². The van der Waals surface area contributed by atoms with Gasteiger partial charge in [-0.25, -0.2) is 19.3 Å². The fourth-order valence-corrected chi connectivity index (χ4v) is 8.09. The Morgan fingerprint density at radius 3 is 1.75 bits per heavy atom. The van der Waals surface area contributed by atoms with Crippen LogP contribution in [0, 0.1) is 5.82 Å². The minimum Gasteiger partial charge on any atom is -0.354 e. The molecular weight excluding hydrogens is 678 g/mol. The summed E-state index contributed by atoms with van der Waals surface area (Å²) in [7, 11) is 0. The Morgan fingerprint density at radius 2 is 1.02 bits per heavy atom. The third-order valence-electron chi connectivity index (χ3n) is 10.6. The molecule has 0 bridgehead atoms. The summed E-state index contributed by atoms with van der Waals surface area (Å²) in [6, 6.07) is 59.0. The molecule has 11 rings (SSSR count). The van der Waals surface area contributed by atoms with Crippen LogP contribution in [0.5, 0.6) is 0 Å². The van der Waals surface area contributed by atoms with E-state index in [-0.39, 0.29) is 5.82 Å². The van der Waals surface area contributed by atoms with Crippen LogP contribution in [0.2, 0.25) is 0 Å². The summed E-state index contributed by atoms with van der Waals surface area (Å²) >= 11 is 0. The Hall–Kier alpha value is -7.44. The number of halogens is 1. The van der Waals surface area contributed by atoms with E-state index in [2.05, 4.69) is 82.3 Å². The van der Waals surface area contributed by atoms with Crippen LogP contribution >= 0.6 is 0 Å². The van der Waals surface area contributed by atoms with Crippen molar-refractivity contribution in [1.29, 1.82) is 0 Å². The smallest absolute Gasteiger partial charge is 0.164 e. The van der Waals surface area contributed by atoms with Crippen molar-refractivity contribution in [3.05, 3.63) is 182 Å². The quantitative estimate of drug-likeness (QED) is 0.194. The van der Waals surface area contributed by atoms with Gasteiger partial charge < -0.3 is 9.55 Å². The SMILES string of the molecule is Fc1cccc2c3ccccc3n(-c3cc4ccccc4cc3-c3cc(-c4nc(-c5ccccc5)nc(-c5ccccc5)n4)cc4c3[nH]c3ccccc34)c12. The van der Waals surface area contributed by atoms with Gasteiger partial charge in [-0.1, -0.05) is 133 Å². The molecule has 3 aromatic heterocycles. The van der Waals surface area contributed by atoms with Gasteiger partial charge in [0.2, 0.25) is 0 Å². The van der Waals surface area contributed by atoms with E-state index in [4.69, 9.17) is 15.0 Å². The minimum absolute atomic E-state index is 0.274. The van der Waals surface area contributed by atoms with Gasteiger partial charge in [-0.15, -0.1) is 0 Å². The van der Waals surface area contributed by atoms with Crippen molar-refractivity contribution in [2.75, 3.05) is 0 Å². The van der Waals surface area contributed by atoms with E-state index >= 15 is 4.39 Å². The molecule has 3 heterocycles. The molecule has 258 valence electrons. The summed E-state index contributed by atoms with van der Waals surface area (Å²) in [4.78, 5) is 19.0. The van der Waals surface area contributed by atoms with E-state index in [0.717, 1.165) is 82.4 Å². The lowest BCUT2D eigenvalue weighted by molar-refractivity contribution is 0.635.